The van der Waals surface area contributed by atoms with Crippen molar-refractivity contribution in [2.45, 2.75) is 26.3 Å². The van der Waals surface area contributed by atoms with E-state index in [9.17, 15) is 9.90 Å². The fraction of sp³-hybridized carbons (Fsp3) is 0.500. The van der Waals surface area contributed by atoms with Crippen molar-refractivity contribution in [3.8, 4) is 5.75 Å². The van der Waals surface area contributed by atoms with Gasteiger partial charge >= 0.3 is 0 Å². The molecular formula is C14H23N3O2. The Labute approximate surface area is 114 Å². The second-order valence-electron chi connectivity index (χ2n) is 4.96. The van der Waals surface area contributed by atoms with Gasteiger partial charge in [0.15, 0.2) is 0 Å². The third-order valence-electron chi connectivity index (χ3n) is 3.15. The fourth-order valence-electron chi connectivity index (χ4n) is 1.58. The van der Waals surface area contributed by atoms with Gasteiger partial charge in [0, 0.05) is 18.2 Å². The lowest BCUT2D eigenvalue weighted by Crippen LogP contribution is -2.31. The minimum Gasteiger partial charge on any atom is -0.506 e. The van der Waals surface area contributed by atoms with Gasteiger partial charge in [-0.2, -0.15) is 0 Å². The fourth-order valence-corrected chi connectivity index (χ4v) is 1.58. The molecule has 0 unspecified atom stereocenters. The number of anilines is 1. The molecule has 0 aliphatic heterocycles. The number of carbonyl (C=O) groups is 1. The molecule has 1 amide bonds. The number of nitrogens with two attached hydrogens (primary N) is 1. The van der Waals surface area contributed by atoms with Gasteiger partial charge in [-0.15, -0.1) is 0 Å². The Bertz CT molecular complexity index is 433. The number of rotatable bonds is 6. The third kappa shape index (κ3) is 4.79. The molecule has 5 nitrogen and oxygen atoms in total. The molecule has 0 atom stereocenters. The van der Waals surface area contributed by atoms with E-state index in [-0.39, 0.29) is 17.3 Å². The summed E-state index contributed by atoms with van der Waals surface area (Å²) in [4.78, 5) is 14.0. The number of nitrogens with one attached hydrogen (secondary N) is 1. The molecule has 0 aliphatic rings. The predicted octanol–water partition coefficient (Wildman–Crippen LogP) is 1.43. The van der Waals surface area contributed by atoms with Crippen LogP contribution in [0.15, 0.2) is 18.2 Å². The van der Waals surface area contributed by atoms with Crippen LogP contribution in [0.3, 0.4) is 0 Å². The van der Waals surface area contributed by atoms with E-state index in [4.69, 9.17) is 5.73 Å². The smallest absolute Gasteiger partial charge is 0.251 e. The highest BCUT2D eigenvalue weighted by molar-refractivity contribution is 5.95. The molecule has 1 aromatic carbocycles. The highest BCUT2D eigenvalue weighted by Crippen LogP contribution is 2.20. The Morgan fingerprint density at radius 3 is 2.74 bits per heavy atom. The summed E-state index contributed by atoms with van der Waals surface area (Å²) in [5.41, 5.74) is 6.18. The monoisotopic (exact) mass is 265 g/mol. The van der Waals surface area contributed by atoms with Crippen LogP contribution in [0.2, 0.25) is 0 Å². The number of phenols is 1. The van der Waals surface area contributed by atoms with Crippen LogP contribution in [0, 0.1) is 0 Å². The van der Waals surface area contributed by atoms with E-state index in [1.807, 2.05) is 0 Å². The van der Waals surface area contributed by atoms with Crippen LogP contribution in [0.5, 0.6) is 5.75 Å². The molecule has 1 aromatic rings. The largest absolute Gasteiger partial charge is 0.506 e. The van der Waals surface area contributed by atoms with Gasteiger partial charge in [0.05, 0.1) is 5.69 Å². The summed E-state index contributed by atoms with van der Waals surface area (Å²) in [6.45, 7) is 5.82. The Hall–Kier alpha value is -1.75. The van der Waals surface area contributed by atoms with Crippen molar-refractivity contribution < 1.29 is 9.90 Å². The van der Waals surface area contributed by atoms with Gasteiger partial charge in [0.25, 0.3) is 5.91 Å². The maximum atomic E-state index is 11.8. The van der Waals surface area contributed by atoms with Gasteiger partial charge in [-0.3, -0.25) is 4.79 Å². The molecule has 0 bridgehead atoms. The Morgan fingerprint density at radius 2 is 2.16 bits per heavy atom. The normalized spacial score (nSPS) is 11.0. The van der Waals surface area contributed by atoms with Crippen LogP contribution < -0.4 is 11.1 Å². The molecule has 5 heteroatoms. The first-order valence-electron chi connectivity index (χ1n) is 6.48. The number of nitrogen functional groups attached to an aromatic ring is 1. The molecule has 0 saturated heterocycles. The summed E-state index contributed by atoms with van der Waals surface area (Å²) in [5, 5.41) is 12.3. The van der Waals surface area contributed by atoms with Crippen molar-refractivity contribution in [3.63, 3.8) is 0 Å². The number of nitrogens with zero attached hydrogens (tertiary/aromatic N) is 1. The standard InChI is InChI=1S/C14H23N3O2/c1-10(2)17(3)8-4-7-16-14(19)11-5-6-12(15)13(18)9-11/h5-6,9-10,18H,4,7-8,15H2,1-3H3,(H,16,19). The molecule has 0 heterocycles. The zero-order valence-electron chi connectivity index (χ0n) is 11.8. The molecule has 0 aromatic heterocycles. The Morgan fingerprint density at radius 1 is 1.47 bits per heavy atom. The number of aromatic hydroxyl groups is 1. The van der Waals surface area contributed by atoms with Gasteiger partial charge in [-0.1, -0.05) is 0 Å². The minimum absolute atomic E-state index is 0.0628. The van der Waals surface area contributed by atoms with Gasteiger partial charge < -0.3 is 21.1 Å². The topological polar surface area (TPSA) is 78.6 Å². The van der Waals surface area contributed by atoms with Crippen molar-refractivity contribution in [2.75, 3.05) is 25.9 Å². The average Bonchev–Trinajstić information content (AvgIpc) is 2.37. The summed E-state index contributed by atoms with van der Waals surface area (Å²) in [6, 6.07) is 5.01. The Balaban J connectivity index is 2.37. The zero-order valence-corrected chi connectivity index (χ0v) is 11.8. The van der Waals surface area contributed by atoms with E-state index in [2.05, 4.69) is 31.1 Å². The van der Waals surface area contributed by atoms with E-state index in [0.717, 1.165) is 13.0 Å². The van der Waals surface area contributed by atoms with Gasteiger partial charge in [0.2, 0.25) is 0 Å². The van der Waals surface area contributed by atoms with Crippen molar-refractivity contribution in [1.29, 1.82) is 0 Å². The third-order valence-corrected chi connectivity index (χ3v) is 3.15. The number of hydrogen-bond acceptors (Lipinski definition) is 4. The molecule has 0 aliphatic carbocycles. The molecule has 0 spiro atoms. The molecule has 106 valence electrons. The van der Waals surface area contributed by atoms with Crippen LogP contribution in [-0.4, -0.2) is 42.1 Å². The predicted molar refractivity (Wildman–Crippen MR) is 77.2 cm³/mol. The lowest BCUT2D eigenvalue weighted by molar-refractivity contribution is 0.0951. The summed E-state index contributed by atoms with van der Waals surface area (Å²) < 4.78 is 0. The lowest BCUT2D eigenvalue weighted by atomic mass is 10.2. The molecule has 19 heavy (non-hydrogen) atoms. The first-order chi connectivity index (χ1) is 8.91. The highest BCUT2D eigenvalue weighted by Gasteiger charge is 2.08. The van der Waals surface area contributed by atoms with E-state index < -0.39 is 0 Å². The first-order valence-corrected chi connectivity index (χ1v) is 6.48. The number of carbonyl (C=O) groups excluding carboxylic acids is 1. The van der Waals surface area contributed by atoms with Crippen LogP contribution in [-0.2, 0) is 0 Å². The highest BCUT2D eigenvalue weighted by atomic mass is 16.3. The molecule has 0 saturated carbocycles. The maximum Gasteiger partial charge on any atom is 0.251 e. The zero-order chi connectivity index (χ0) is 14.4. The van der Waals surface area contributed by atoms with Crippen LogP contribution >= 0.6 is 0 Å². The number of phenolic OH excluding ortho intramolecular Hbond substituents is 1. The van der Waals surface area contributed by atoms with E-state index in [1.54, 1.807) is 6.07 Å². The van der Waals surface area contributed by atoms with E-state index >= 15 is 0 Å². The molecular weight excluding hydrogens is 242 g/mol. The summed E-state index contributed by atoms with van der Waals surface area (Å²) >= 11 is 0. The molecule has 1 rings (SSSR count). The SMILES string of the molecule is CC(C)N(C)CCCNC(=O)c1ccc(N)c(O)c1. The second-order valence-corrected chi connectivity index (χ2v) is 4.96. The summed E-state index contributed by atoms with van der Waals surface area (Å²) in [7, 11) is 2.06. The quantitative estimate of drug-likeness (QED) is 0.413. The van der Waals surface area contributed by atoms with Crippen molar-refractivity contribution in [2.24, 2.45) is 0 Å². The van der Waals surface area contributed by atoms with Crippen LogP contribution in [0.4, 0.5) is 5.69 Å². The van der Waals surface area contributed by atoms with Crippen molar-refractivity contribution in [3.05, 3.63) is 23.8 Å². The first kappa shape index (κ1) is 15.3. The molecule has 4 N–H and O–H groups in total. The van der Waals surface area contributed by atoms with Crippen LogP contribution in [0.1, 0.15) is 30.6 Å². The van der Waals surface area contributed by atoms with Gasteiger partial charge in [-0.05, 0) is 52.1 Å². The average molecular weight is 265 g/mol. The van der Waals surface area contributed by atoms with Crippen molar-refractivity contribution >= 4 is 11.6 Å². The van der Waals surface area contributed by atoms with Crippen molar-refractivity contribution in [1.82, 2.24) is 10.2 Å². The minimum atomic E-state index is -0.192. The van der Waals surface area contributed by atoms with E-state index in [1.165, 1.54) is 12.1 Å². The van der Waals surface area contributed by atoms with E-state index in [0.29, 0.717) is 18.2 Å². The number of amides is 1. The molecule has 0 radical (unpaired) electrons. The van der Waals surface area contributed by atoms with Gasteiger partial charge in [-0.25, -0.2) is 0 Å². The second kappa shape index (κ2) is 6.99. The van der Waals surface area contributed by atoms with Gasteiger partial charge in [0.1, 0.15) is 5.75 Å². The summed E-state index contributed by atoms with van der Waals surface area (Å²) in [5.74, 6) is -0.255. The number of benzene rings is 1. The van der Waals surface area contributed by atoms with Crippen LogP contribution in [0.25, 0.3) is 0 Å². The summed E-state index contributed by atoms with van der Waals surface area (Å²) in [6.07, 6.45) is 0.890. The lowest BCUT2D eigenvalue weighted by Gasteiger charge is -2.20. The number of hydrogen-bond donors (Lipinski definition) is 3. The maximum absolute atomic E-state index is 11.8. The molecule has 0 fully saturated rings. The Kier molecular flexibility index (Phi) is 5.63.